The molecule has 0 heterocycles. The normalized spacial score (nSPS) is 11.3. The van der Waals surface area contributed by atoms with E-state index in [0.717, 1.165) is 5.69 Å². The van der Waals surface area contributed by atoms with E-state index in [1.165, 1.54) is 6.08 Å². The maximum absolute atomic E-state index is 12.1. The highest BCUT2D eigenvalue weighted by Crippen LogP contribution is 2.25. The molecule has 2 aromatic carbocycles. The molecule has 0 aliphatic rings. The molecule has 0 saturated carbocycles. The molecule has 0 aromatic heterocycles. The van der Waals surface area contributed by atoms with Crippen molar-refractivity contribution in [2.75, 3.05) is 5.32 Å². The van der Waals surface area contributed by atoms with Crippen molar-refractivity contribution < 1.29 is 4.79 Å². The average molecular weight is 341 g/mol. The molecule has 1 N–H and O–H groups in total. The quantitative estimate of drug-likeness (QED) is 0.559. The zero-order valence-electron chi connectivity index (χ0n) is 11.2. The summed E-state index contributed by atoms with van der Waals surface area (Å²) < 4.78 is 0. The van der Waals surface area contributed by atoms with Gasteiger partial charge in [0.2, 0.25) is 0 Å². The van der Waals surface area contributed by atoms with Crippen LogP contribution in [0.1, 0.15) is 17.3 Å². The summed E-state index contributed by atoms with van der Waals surface area (Å²) in [6, 6.07) is 11.9. The summed E-state index contributed by atoms with van der Waals surface area (Å²) in [5, 5.41) is 4.64. The van der Waals surface area contributed by atoms with Crippen molar-refractivity contribution in [2.45, 2.75) is 6.92 Å². The molecule has 108 valence electrons. The van der Waals surface area contributed by atoms with Gasteiger partial charge in [0.05, 0.1) is 10.0 Å². The van der Waals surface area contributed by atoms with E-state index in [4.69, 9.17) is 34.8 Å². The topological polar surface area (TPSA) is 29.1 Å². The summed E-state index contributed by atoms with van der Waals surface area (Å²) >= 11 is 17.6. The molecule has 5 heteroatoms. The van der Waals surface area contributed by atoms with E-state index in [2.05, 4.69) is 5.32 Å². The number of carbonyl (C=O) groups excluding carboxylic acids is 1. The fourth-order valence-electron chi connectivity index (χ4n) is 1.73. The van der Waals surface area contributed by atoms with Crippen molar-refractivity contribution in [1.82, 2.24) is 0 Å². The van der Waals surface area contributed by atoms with Gasteiger partial charge in [-0.25, -0.2) is 0 Å². The molecule has 0 atom stereocenters. The van der Waals surface area contributed by atoms with Crippen LogP contribution >= 0.6 is 34.8 Å². The van der Waals surface area contributed by atoms with Crippen molar-refractivity contribution in [3.8, 4) is 0 Å². The zero-order chi connectivity index (χ0) is 15.4. The lowest BCUT2D eigenvalue weighted by molar-refractivity contribution is 0.104. The number of rotatable bonds is 4. The molecule has 2 aromatic rings. The van der Waals surface area contributed by atoms with Crippen LogP contribution < -0.4 is 5.32 Å². The lowest BCUT2D eigenvalue weighted by atomic mass is 10.1. The molecular formula is C16H12Cl3NO. The number of ketones is 1. The highest BCUT2D eigenvalue weighted by molar-refractivity contribution is 6.42. The van der Waals surface area contributed by atoms with E-state index >= 15 is 0 Å². The second kappa shape index (κ2) is 6.99. The number of benzene rings is 2. The van der Waals surface area contributed by atoms with Crippen LogP contribution in [0.2, 0.25) is 15.1 Å². The van der Waals surface area contributed by atoms with Gasteiger partial charge >= 0.3 is 0 Å². The molecule has 2 rings (SSSR count). The Hall–Kier alpha value is -1.48. The smallest absolute Gasteiger partial charge is 0.187 e. The second-order valence-electron chi connectivity index (χ2n) is 4.45. The summed E-state index contributed by atoms with van der Waals surface area (Å²) in [5.41, 5.74) is 2.05. The van der Waals surface area contributed by atoms with Crippen LogP contribution in [0.5, 0.6) is 0 Å². The Morgan fingerprint density at radius 2 is 1.67 bits per heavy atom. The fourth-order valence-corrected chi connectivity index (χ4v) is 2.16. The summed E-state index contributed by atoms with van der Waals surface area (Å²) in [6.07, 6.45) is 1.52. The minimum Gasteiger partial charge on any atom is -0.359 e. The summed E-state index contributed by atoms with van der Waals surface area (Å²) in [5.74, 6) is -0.100. The third kappa shape index (κ3) is 4.50. The zero-order valence-corrected chi connectivity index (χ0v) is 13.4. The van der Waals surface area contributed by atoms with Crippen molar-refractivity contribution in [3.05, 3.63) is 74.9 Å². The Morgan fingerprint density at radius 3 is 2.29 bits per heavy atom. The number of halogens is 3. The Bertz CT molecular complexity index is 693. The van der Waals surface area contributed by atoms with E-state index in [1.54, 1.807) is 49.4 Å². The number of allylic oxidation sites excluding steroid dienone is 2. The van der Waals surface area contributed by atoms with Crippen LogP contribution in [-0.4, -0.2) is 5.78 Å². The maximum atomic E-state index is 12.1. The number of hydrogen-bond donors (Lipinski definition) is 1. The maximum Gasteiger partial charge on any atom is 0.187 e. The van der Waals surface area contributed by atoms with Gasteiger partial charge in [-0.3, -0.25) is 4.79 Å². The van der Waals surface area contributed by atoms with Crippen molar-refractivity contribution in [2.24, 2.45) is 0 Å². The Morgan fingerprint density at radius 1 is 1.00 bits per heavy atom. The molecule has 0 fully saturated rings. The van der Waals surface area contributed by atoms with Gasteiger partial charge in [0.1, 0.15) is 0 Å². The first kappa shape index (κ1) is 15.9. The van der Waals surface area contributed by atoms with Crippen molar-refractivity contribution in [3.63, 3.8) is 0 Å². The molecule has 0 amide bonds. The van der Waals surface area contributed by atoms with Gasteiger partial charge in [-0.15, -0.1) is 0 Å². The Labute approximate surface area is 138 Å². The summed E-state index contributed by atoms with van der Waals surface area (Å²) in [7, 11) is 0. The number of anilines is 1. The molecule has 0 saturated heterocycles. The van der Waals surface area contributed by atoms with Gasteiger partial charge in [-0.2, -0.15) is 0 Å². The van der Waals surface area contributed by atoms with E-state index in [1.807, 2.05) is 0 Å². The predicted molar refractivity (Wildman–Crippen MR) is 89.6 cm³/mol. The molecule has 0 radical (unpaired) electrons. The fraction of sp³-hybridized carbons (Fsp3) is 0.0625. The molecule has 0 unspecified atom stereocenters. The monoisotopic (exact) mass is 339 g/mol. The van der Waals surface area contributed by atoms with E-state index in [-0.39, 0.29) is 5.78 Å². The number of carbonyl (C=O) groups is 1. The number of nitrogens with one attached hydrogen (secondary N) is 1. The third-order valence-corrected chi connectivity index (χ3v) is 3.73. The van der Waals surface area contributed by atoms with Crippen LogP contribution in [0, 0.1) is 0 Å². The molecule has 0 spiro atoms. The summed E-state index contributed by atoms with van der Waals surface area (Å²) in [6.45, 7) is 1.80. The van der Waals surface area contributed by atoms with Gasteiger partial charge in [-0.1, -0.05) is 34.8 Å². The van der Waals surface area contributed by atoms with Gasteiger partial charge < -0.3 is 5.32 Å². The van der Waals surface area contributed by atoms with Gasteiger partial charge in [0.25, 0.3) is 0 Å². The van der Waals surface area contributed by atoms with Gasteiger partial charge in [0, 0.05) is 28.0 Å². The standard InChI is InChI=1S/C16H12Cl3NO/c1-10(20-13-6-7-14(18)15(19)9-13)8-16(21)11-2-4-12(17)5-3-11/h2-9,20H,1H3/b10-8+. The minimum atomic E-state index is -0.100. The molecule has 2 nitrogen and oxygen atoms in total. The summed E-state index contributed by atoms with van der Waals surface area (Å²) in [4.78, 5) is 12.1. The lowest BCUT2D eigenvalue weighted by Gasteiger charge is -2.07. The molecular weight excluding hydrogens is 329 g/mol. The van der Waals surface area contributed by atoms with Crippen molar-refractivity contribution >= 4 is 46.3 Å². The average Bonchev–Trinajstić information content (AvgIpc) is 2.43. The number of hydrogen-bond acceptors (Lipinski definition) is 2. The third-order valence-electron chi connectivity index (χ3n) is 2.74. The van der Waals surface area contributed by atoms with Gasteiger partial charge in [-0.05, 0) is 49.4 Å². The van der Waals surface area contributed by atoms with Crippen LogP contribution in [0.4, 0.5) is 5.69 Å². The lowest BCUT2D eigenvalue weighted by Crippen LogP contribution is -2.01. The minimum absolute atomic E-state index is 0.100. The first-order valence-electron chi connectivity index (χ1n) is 6.16. The van der Waals surface area contributed by atoms with Gasteiger partial charge in [0.15, 0.2) is 5.78 Å². The first-order chi connectivity index (χ1) is 9.95. The Balaban J connectivity index is 2.11. The predicted octanol–water partition coefficient (Wildman–Crippen LogP) is 5.85. The SMILES string of the molecule is C/C(=C\C(=O)c1ccc(Cl)cc1)Nc1ccc(Cl)c(Cl)c1. The van der Waals surface area contributed by atoms with E-state index in [0.29, 0.717) is 26.3 Å². The van der Waals surface area contributed by atoms with Crippen molar-refractivity contribution in [1.29, 1.82) is 0 Å². The highest BCUT2D eigenvalue weighted by Gasteiger charge is 2.04. The first-order valence-corrected chi connectivity index (χ1v) is 7.29. The highest BCUT2D eigenvalue weighted by atomic mass is 35.5. The molecule has 0 aliphatic heterocycles. The van der Waals surface area contributed by atoms with Crippen LogP contribution in [0.3, 0.4) is 0 Å². The largest absolute Gasteiger partial charge is 0.359 e. The molecule has 0 bridgehead atoms. The van der Waals surface area contributed by atoms with E-state index < -0.39 is 0 Å². The molecule has 0 aliphatic carbocycles. The van der Waals surface area contributed by atoms with E-state index in [9.17, 15) is 4.79 Å². The van der Waals surface area contributed by atoms with Crippen LogP contribution in [-0.2, 0) is 0 Å². The van der Waals surface area contributed by atoms with Crippen LogP contribution in [0.15, 0.2) is 54.2 Å². The second-order valence-corrected chi connectivity index (χ2v) is 5.70. The Kier molecular flexibility index (Phi) is 5.29. The van der Waals surface area contributed by atoms with Crippen LogP contribution in [0.25, 0.3) is 0 Å². The molecule has 21 heavy (non-hydrogen) atoms.